The first-order chi connectivity index (χ1) is 14.4. The van der Waals surface area contributed by atoms with Gasteiger partial charge in [-0.25, -0.2) is 0 Å². The van der Waals surface area contributed by atoms with Crippen LogP contribution in [0.4, 0.5) is 5.69 Å². The van der Waals surface area contributed by atoms with E-state index in [1.807, 2.05) is 36.4 Å². The van der Waals surface area contributed by atoms with Gasteiger partial charge in [0.1, 0.15) is 0 Å². The van der Waals surface area contributed by atoms with Crippen LogP contribution in [0, 0.1) is 0 Å². The Morgan fingerprint density at radius 3 is 2.13 bits per heavy atom. The van der Waals surface area contributed by atoms with Gasteiger partial charge in [0.05, 0.1) is 23.0 Å². The van der Waals surface area contributed by atoms with E-state index in [-0.39, 0.29) is 28.8 Å². The Balaban J connectivity index is 1.74. The third-order valence-corrected chi connectivity index (χ3v) is 4.76. The Morgan fingerprint density at radius 1 is 0.900 bits per heavy atom. The molecule has 0 fully saturated rings. The summed E-state index contributed by atoms with van der Waals surface area (Å²) in [6.07, 6.45) is 0.0117. The van der Waals surface area contributed by atoms with E-state index in [1.165, 1.54) is 12.1 Å². The van der Waals surface area contributed by atoms with Gasteiger partial charge in [0.15, 0.2) is 0 Å². The predicted octanol–water partition coefficient (Wildman–Crippen LogP) is 3.94. The summed E-state index contributed by atoms with van der Waals surface area (Å²) in [6.45, 7) is 0. The molecule has 0 spiro atoms. The van der Waals surface area contributed by atoms with E-state index in [0.717, 1.165) is 5.56 Å². The Morgan fingerprint density at radius 2 is 1.53 bits per heavy atom. The lowest BCUT2D eigenvalue weighted by Crippen LogP contribution is -2.31. The topological polar surface area (TPSA) is 101 Å². The first-order valence-electron chi connectivity index (χ1n) is 9.24. The van der Waals surface area contributed by atoms with Crippen LogP contribution in [0.2, 0.25) is 5.02 Å². The van der Waals surface area contributed by atoms with Crippen LogP contribution in [0.15, 0.2) is 78.9 Å². The van der Waals surface area contributed by atoms with Crippen LogP contribution in [0.5, 0.6) is 0 Å². The van der Waals surface area contributed by atoms with Gasteiger partial charge in [0.2, 0.25) is 11.8 Å². The highest BCUT2D eigenvalue weighted by Gasteiger charge is 2.19. The maximum atomic E-state index is 12.6. The number of amides is 3. The van der Waals surface area contributed by atoms with Crippen molar-refractivity contribution in [2.45, 2.75) is 12.5 Å². The molecule has 0 saturated heterocycles. The average Bonchev–Trinajstić information content (AvgIpc) is 2.74. The summed E-state index contributed by atoms with van der Waals surface area (Å²) in [5, 5.41) is 5.80. The monoisotopic (exact) mass is 421 g/mol. The van der Waals surface area contributed by atoms with Crippen molar-refractivity contribution in [3.05, 3.63) is 101 Å². The second-order valence-corrected chi connectivity index (χ2v) is 7.02. The number of nitrogens with two attached hydrogens (primary N) is 1. The maximum Gasteiger partial charge on any atom is 0.251 e. The molecule has 7 heteroatoms. The summed E-state index contributed by atoms with van der Waals surface area (Å²) < 4.78 is 0. The summed E-state index contributed by atoms with van der Waals surface area (Å²) in [6, 6.07) is 22.0. The lowest BCUT2D eigenvalue weighted by atomic mass is 10.0. The van der Waals surface area contributed by atoms with Crippen molar-refractivity contribution in [3.63, 3.8) is 0 Å². The molecule has 0 aliphatic heterocycles. The van der Waals surface area contributed by atoms with E-state index >= 15 is 0 Å². The zero-order valence-corrected chi connectivity index (χ0v) is 16.7. The van der Waals surface area contributed by atoms with Gasteiger partial charge in [-0.05, 0) is 35.9 Å². The molecule has 0 aromatic heterocycles. The van der Waals surface area contributed by atoms with E-state index in [1.54, 1.807) is 30.3 Å². The highest BCUT2D eigenvalue weighted by Crippen LogP contribution is 2.22. The second kappa shape index (κ2) is 9.71. The third-order valence-electron chi connectivity index (χ3n) is 4.45. The molecule has 1 unspecified atom stereocenters. The van der Waals surface area contributed by atoms with Crippen molar-refractivity contribution in [2.24, 2.45) is 5.73 Å². The minimum absolute atomic E-state index is 0.0117. The molecule has 3 aromatic rings. The van der Waals surface area contributed by atoms with Gasteiger partial charge in [0.25, 0.3) is 5.91 Å². The number of primary amides is 1. The average molecular weight is 422 g/mol. The zero-order chi connectivity index (χ0) is 21.5. The molecule has 4 N–H and O–H groups in total. The normalized spacial score (nSPS) is 11.4. The smallest absolute Gasteiger partial charge is 0.251 e. The molecule has 3 rings (SSSR count). The number of carbonyl (C=O) groups excluding carboxylic acids is 3. The number of nitrogens with one attached hydrogen (secondary N) is 2. The van der Waals surface area contributed by atoms with Crippen molar-refractivity contribution in [1.29, 1.82) is 0 Å². The molecule has 0 saturated carbocycles. The zero-order valence-electron chi connectivity index (χ0n) is 16.0. The molecule has 0 aliphatic rings. The highest BCUT2D eigenvalue weighted by molar-refractivity contribution is 6.34. The van der Waals surface area contributed by atoms with Gasteiger partial charge in [-0.15, -0.1) is 0 Å². The van der Waals surface area contributed by atoms with Gasteiger partial charge < -0.3 is 16.4 Å². The largest absolute Gasteiger partial charge is 0.366 e. The summed E-state index contributed by atoms with van der Waals surface area (Å²) in [5.41, 5.74) is 7.15. The minimum atomic E-state index is -0.648. The minimum Gasteiger partial charge on any atom is -0.366 e. The Hall–Kier alpha value is -3.64. The molecule has 30 heavy (non-hydrogen) atoms. The number of benzene rings is 3. The van der Waals surface area contributed by atoms with E-state index < -0.39 is 11.9 Å². The lowest BCUT2D eigenvalue weighted by Gasteiger charge is -2.19. The summed E-state index contributed by atoms with van der Waals surface area (Å²) in [5.74, 6) is -1.24. The Bertz CT molecular complexity index is 1060. The van der Waals surface area contributed by atoms with Crippen LogP contribution in [0.1, 0.15) is 38.7 Å². The molecular weight excluding hydrogens is 402 g/mol. The van der Waals surface area contributed by atoms with Gasteiger partial charge in [0, 0.05) is 11.3 Å². The SMILES string of the molecule is NC(=O)c1ccc(NC(=O)CC(NC(=O)c2ccccc2)c2ccccc2)cc1Cl. The number of rotatable bonds is 7. The summed E-state index contributed by atoms with van der Waals surface area (Å²) in [4.78, 5) is 36.5. The number of anilines is 1. The van der Waals surface area contributed by atoms with Crippen LogP contribution >= 0.6 is 11.6 Å². The second-order valence-electron chi connectivity index (χ2n) is 6.61. The molecule has 6 nitrogen and oxygen atoms in total. The first kappa shape index (κ1) is 21.1. The van der Waals surface area contributed by atoms with Crippen LogP contribution in [-0.2, 0) is 4.79 Å². The predicted molar refractivity (Wildman–Crippen MR) is 116 cm³/mol. The van der Waals surface area contributed by atoms with Crippen LogP contribution in [-0.4, -0.2) is 17.7 Å². The fraction of sp³-hybridized carbons (Fsp3) is 0.0870. The highest BCUT2D eigenvalue weighted by atomic mass is 35.5. The van der Waals surface area contributed by atoms with Crippen LogP contribution in [0.25, 0.3) is 0 Å². The fourth-order valence-corrected chi connectivity index (χ4v) is 3.23. The van der Waals surface area contributed by atoms with E-state index in [0.29, 0.717) is 11.3 Å². The van der Waals surface area contributed by atoms with Crippen molar-refractivity contribution in [1.82, 2.24) is 5.32 Å². The lowest BCUT2D eigenvalue weighted by molar-refractivity contribution is -0.116. The summed E-state index contributed by atoms with van der Waals surface area (Å²) >= 11 is 6.04. The maximum absolute atomic E-state index is 12.6. The first-order valence-corrected chi connectivity index (χ1v) is 9.62. The van der Waals surface area contributed by atoms with Crippen molar-refractivity contribution in [2.75, 3.05) is 5.32 Å². The van der Waals surface area contributed by atoms with Crippen LogP contribution in [0.3, 0.4) is 0 Å². The van der Waals surface area contributed by atoms with Crippen molar-refractivity contribution < 1.29 is 14.4 Å². The van der Waals surface area contributed by atoms with E-state index in [2.05, 4.69) is 10.6 Å². The molecule has 0 radical (unpaired) electrons. The molecule has 152 valence electrons. The van der Waals surface area contributed by atoms with Gasteiger partial charge in [-0.3, -0.25) is 14.4 Å². The quantitative estimate of drug-likeness (QED) is 0.538. The van der Waals surface area contributed by atoms with E-state index in [9.17, 15) is 14.4 Å². The number of halogens is 1. The molecule has 0 bridgehead atoms. The standard InChI is InChI=1S/C23H20ClN3O3/c24-19-13-17(11-12-18(19)22(25)29)26-21(28)14-20(15-7-3-1-4-8-15)27-23(30)16-9-5-2-6-10-16/h1-13,20H,14H2,(H2,25,29)(H,26,28)(H,27,30). The summed E-state index contributed by atoms with van der Waals surface area (Å²) in [7, 11) is 0. The number of hydrogen-bond donors (Lipinski definition) is 3. The molecule has 0 aliphatic carbocycles. The number of hydrogen-bond acceptors (Lipinski definition) is 3. The molecule has 3 amide bonds. The van der Waals surface area contributed by atoms with E-state index in [4.69, 9.17) is 17.3 Å². The molecule has 1 atom stereocenters. The van der Waals surface area contributed by atoms with Crippen molar-refractivity contribution >= 4 is 35.0 Å². The molecule has 3 aromatic carbocycles. The van der Waals surface area contributed by atoms with Crippen molar-refractivity contribution in [3.8, 4) is 0 Å². The molecule has 0 heterocycles. The van der Waals surface area contributed by atoms with Gasteiger partial charge in [-0.1, -0.05) is 60.1 Å². The van der Waals surface area contributed by atoms with Gasteiger partial charge in [-0.2, -0.15) is 0 Å². The van der Waals surface area contributed by atoms with Gasteiger partial charge >= 0.3 is 0 Å². The van der Waals surface area contributed by atoms with Crippen LogP contribution < -0.4 is 16.4 Å². The molecular formula is C23H20ClN3O3. The Labute approximate surface area is 179 Å². The Kier molecular flexibility index (Phi) is 6.83. The third kappa shape index (κ3) is 5.46. The fourth-order valence-electron chi connectivity index (χ4n) is 2.96. The number of carbonyl (C=O) groups is 3.